The molecule has 6 nitrogen and oxygen atoms in total. The number of nitrogens with zero attached hydrogens (tertiary/aromatic N) is 3. The number of imidazole rings is 1. The average Bonchev–Trinajstić information content (AvgIpc) is 3.11. The second-order valence-corrected chi connectivity index (χ2v) is 7.34. The first kappa shape index (κ1) is 20.1. The molecule has 0 N–H and O–H groups in total. The molecule has 0 saturated heterocycles. The molecule has 1 amide bonds. The van der Waals surface area contributed by atoms with Crippen molar-refractivity contribution in [2.75, 3.05) is 18.1 Å². The number of ether oxygens (including phenoxy) is 1. The van der Waals surface area contributed by atoms with Crippen LogP contribution in [0.5, 0.6) is 0 Å². The molecule has 3 aromatic rings. The van der Waals surface area contributed by atoms with Gasteiger partial charge in [0.1, 0.15) is 5.82 Å². The third-order valence-electron chi connectivity index (χ3n) is 5.41. The van der Waals surface area contributed by atoms with Crippen molar-refractivity contribution in [1.82, 2.24) is 9.55 Å². The summed E-state index contributed by atoms with van der Waals surface area (Å²) < 4.78 is 21.3. The summed E-state index contributed by atoms with van der Waals surface area (Å²) in [6.07, 6.45) is 1.66. The molecule has 0 saturated carbocycles. The summed E-state index contributed by atoms with van der Waals surface area (Å²) in [6.45, 7) is 4.35. The van der Waals surface area contributed by atoms with Crippen molar-refractivity contribution in [1.29, 1.82) is 0 Å². The number of anilines is 1. The van der Waals surface area contributed by atoms with Crippen LogP contribution in [0.25, 0.3) is 11.0 Å². The first-order valence-electron chi connectivity index (χ1n) is 10.3. The highest BCUT2D eigenvalue weighted by Gasteiger charge is 2.47. The summed E-state index contributed by atoms with van der Waals surface area (Å²) >= 11 is 0. The van der Waals surface area contributed by atoms with E-state index in [1.807, 2.05) is 35.8 Å². The van der Waals surface area contributed by atoms with Gasteiger partial charge in [-0.25, -0.2) is 9.37 Å². The lowest BCUT2D eigenvalue weighted by atomic mass is 9.89. The number of fused-ring (bicyclic) bond motifs is 3. The van der Waals surface area contributed by atoms with Crippen LogP contribution in [0.2, 0.25) is 0 Å². The molecule has 7 heteroatoms. The lowest BCUT2D eigenvalue weighted by Crippen LogP contribution is -2.50. The number of benzene rings is 2. The molecule has 0 radical (unpaired) electrons. The van der Waals surface area contributed by atoms with E-state index in [0.29, 0.717) is 23.6 Å². The second-order valence-electron chi connectivity index (χ2n) is 7.34. The van der Waals surface area contributed by atoms with Crippen molar-refractivity contribution in [2.45, 2.75) is 32.7 Å². The molecule has 0 unspecified atom stereocenters. The third-order valence-corrected chi connectivity index (χ3v) is 5.41. The van der Waals surface area contributed by atoms with E-state index in [-0.39, 0.29) is 12.5 Å². The van der Waals surface area contributed by atoms with Gasteiger partial charge in [-0.05, 0) is 43.2 Å². The fourth-order valence-corrected chi connectivity index (χ4v) is 4.07. The Hall–Kier alpha value is -3.22. The van der Waals surface area contributed by atoms with Gasteiger partial charge in [-0.3, -0.25) is 14.5 Å². The average molecular weight is 409 g/mol. The van der Waals surface area contributed by atoms with E-state index in [2.05, 4.69) is 0 Å². The minimum absolute atomic E-state index is 0.158. The predicted molar refractivity (Wildman–Crippen MR) is 112 cm³/mol. The van der Waals surface area contributed by atoms with Gasteiger partial charge in [0.05, 0.1) is 23.7 Å². The Kier molecular flexibility index (Phi) is 5.53. The number of halogens is 1. The maximum Gasteiger partial charge on any atom is 0.321 e. The fourth-order valence-electron chi connectivity index (χ4n) is 4.07. The first-order valence-corrected chi connectivity index (χ1v) is 10.3. The van der Waals surface area contributed by atoms with Gasteiger partial charge in [0.2, 0.25) is 11.9 Å². The standard InChI is InChI=1S/C23H24FN3O3/c1-3-5-13-26-21(28)19(22(29)30-4-2)20(15-9-8-10-16(24)14-15)27-18-12-7-6-11-17(18)25-23(26)27/h6-12,14,19-20H,3-5,13H2,1-2H3/t19-,20-/m1/s1. The zero-order valence-electron chi connectivity index (χ0n) is 17.0. The van der Waals surface area contributed by atoms with E-state index in [1.54, 1.807) is 24.0 Å². The molecule has 0 fully saturated rings. The van der Waals surface area contributed by atoms with Crippen molar-refractivity contribution in [3.05, 3.63) is 59.9 Å². The largest absolute Gasteiger partial charge is 0.465 e. The Balaban J connectivity index is 1.98. The Morgan fingerprint density at radius 3 is 2.70 bits per heavy atom. The number of esters is 1. The van der Waals surface area contributed by atoms with Crippen LogP contribution < -0.4 is 4.90 Å². The molecular weight excluding hydrogens is 385 g/mol. The third kappa shape index (κ3) is 3.34. The number of rotatable bonds is 6. The van der Waals surface area contributed by atoms with Gasteiger partial charge in [-0.15, -0.1) is 0 Å². The summed E-state index contributed by atoms with van der Waals surface area (Å²) in [6, 6.07) is 12.8. The maximum atomic E-state index is 14.1. The van der Waals surface area contributed by atoms with Gasteiger partial charge in [-0.2, -0.15) is 0 Å². The summed E-state index contributed by atoms with van der Waals surface area (Å²) in [7, 11) is 0. The number of amides is 1. The minimum Gasteiger partial charge on any atom is -0.465 e. The van der Waals surface area contributed by atoms with E-state index < -0.39 is 23.7 Å². The smallest absolute Gasteiger partial charge is 0.321 e. The molecule has 2 aromatic carbocycles. The van der Waals surface area contributed by atoms with Crippen molar-refractivity contribution in [3.8, 4) is 0 Å². The van der Waals surface area contributed by atoms with Gasteiger partial charge < -0.3 is 9.30 Å². The maximum absolute atomic E-state index is 14.1. The van der Waals surface area contributed by atoms with Crippen LogP contribution >= 0.6 is 0 Å². The Morgan fingerprint density at radius 2 is 1.97 bits per heavy atom. The quantitative estimate of drug-likeness (QED) is 0.454. The van der Waals surface area contributed by atoms with E-state index in [0.717, 1.165) is 18.4 Å². The molecule has 0 bridgehead atoms. The van der Waals surface area contributed by atoms with Crippen molar-refractivity contribution in [2.24, 2.45) is 5.92 Å². The summed E-state index contributed by atoms with van der Waals surface area (Å²) in [5, 5.41) is 0. The van der Waals surface area contributed by atoms with E-state index in [9.17, 15) is 14.0 Å². The zero-order valence-corrected chi connectivity index (χ0v) is 17.0. The zero-order chi connectivity index (χ0) is 21.3. The fraction of sp³-hybridized carbons (Fsp3) is 0.348. The highest BCUT2D eigenvalue weighted by Crippen LogP contribution is 2.41. The highest BCUT2D eigenvalue weighted by molar-refractivity contribution is 6.08. The van der Waals surface area contributed by atoms with E-state index >= 15 is 0 Å². The Labute approximate surface area is 174 Å². The molecule has 2 heterocycles. The predicted octanol–water partition coefficient (Wildman–Crippen LogP) is 4.09. The molecule has 2 atom stereocenters. The second kappa shape index (κ2) is 8.26. The van der Waals surface area contributed by atoms with Crippen LogP contribution in [0, 0.1) is 11.7 Å². The minimum atomic E-state index is -1.12. The lowest BCUT2D eigenvalue weighted by molar-refractivity contribution is -0.153. The number of carbonyl (C=O) groups is 2. The number of hydrogen-bond acceptors (Lipinski definition) is 4. The number of hydrogen-bond donors (Lipinski definition) is 0. The van der Waals surface area contributed by atoms with Gasteiger partial charge in [0.15, 0.2) is 5.92 Å². The van der Waals surface area contributed by atoms with Crippen LogP contribution in [-0.4, -0.2) is 34.6 Å². The normalized spacial score (nSPS) is 18.5. The lowest BCUT2D eigenvalue weighted by Gasteiger charge is -2.38. The van der Waals surface area contributed by atoms with Gasteiger partial charge in [0, 0.05) is 6.54 Å². The van der Waals surface area contributed by atoms with E-state index in [4.69, 9.17) is 9.72 Å². The number of aromatic nitrogens is 2. The van der Waals surface area contributed by atoms with Crippen LogP contribution in [0.15, 0.2) is 48.5 Å². The van der Waals surface area contributed by atoms with Crippen LogP contribution in [0.3, 0.4) is 0 Å². The molecule has 4 rings (SSSR count). The molecule has 1 aliphatic heterocycles. The Bertz CT molecular complexity index is 1090. The van der Waals surface area contributed by atoms with Gasteiger partial charge in [-0.1, -0.05) is 37.6 Å². The monoisotopic (exact) mass is 409 g/mol. The van der Waals surface area contributed by atoms with E-state index in [1.165, 1.54) is 12.1 Å². The number of para-hydroxylation sites is 2. The SMILES string of the molecule is CCCCN1C(=O)[C@H](C(=O)OCC)[C@@H](c2cccc(F)c2)n2c1nc1ccccc12. The number of carbonyl (C=O) groups excluding carboxylic acids is 2. The summed E-state index contributed by atoms with van der Waals surface area (Å²) in [5.74, 6) is -2.04. The molecule has 1 aliphatic rings. The van der Waals surface area contributed by atoms with Gasteiger partial charge >= 0.3 is 5.97 Å². The first-order chi connectivity index (χ1) is 14.6. The topological polar surface area (TPSA) is 64.4 Å². The van der Waals surface area contributed by atoms with Crippen molar-refractivity contribution in [3.63, 3.8) is 0 Å². The molecule has 0 aliphatic carbocycles. The molecular formula is C23H24FN3O3. The van der Waals surface area contributed by atoms with Crippen molar-refractivity contribution < 1.29 is 18.7 Å². The van der Waals surface area contributed by atoms with Crippen LogP contribution in [-0.2, 0) is 14.3 Å². The molecule has 30 heavy (non-hydrogen) atoms. The molecule has 1 aromatic heterocycles. The highest BCUT2D eigenvalue weighted by atomic mass is 19.1. The van der Waals surface area contributed by atoms with Crippen LogP contribution in [0.4, 0.5) is 10.3 Å². The van der Waals surface area contributed by atoms with Gasteiger partial charge in [0.25, 0.3) is 0 Å². The number of unbranched alkanes of at least 4 members (excludes halogenated alkanes) is 1. The molecule has 156 valence electrons. The summed E-state index contributed by atoms with van der Waals surface area (Å²) in [4.78, 5) is 32.8. The van der Waals surface area contributed by atoms with Crippen LogP contribution in [0.1, 0.15) is 38.3 Å². The van der Waals surface area contributed by atoms with Crippen molar-refractivity contribution >= 4 is 28.9 Å². The Morgan fingerprint density at radius 1 is 1.17 bits per heavy atom. The molecule has 0 spiro atoms. The summed E-state index contributed by atoms with van der Waals surface area (Å²) in [5.41, 5.74) is 2.03.